The van der Waals surface area contributed by atoms with Crippen molar-refractivity contribution in [2.24, 2.45) is 0 Å². The normalized spacial score (nSPS) is 9.94. The molecule has 0 fully saturated rings. The number of hydrogen-bond acceptors (Lipinski definition) is 3. The first kappa shape index (κ1) is 12.0. The molecule has 0 spiro atoms. The molecule has 0 radical (unpaired) electrons. The van der Waals surface area contributed by atoms with Crippen LogP contribution in [0.3, 0.4) is 0 Å². The first-order valence-electron chi connectivity index (χ1n) is 5.18. The van der Waals surface area contributed by atoms with E-state index in [2.05, 4.69) is 11.4 Å². The summed E-state index contributed by atoms with van der Waals surface area (Å²) in [7, 11) is 0. The van der Waals surface area contributed by atoms with E-state index in [0.717, 1.165) is 26.0 Å². The minimum Gasteiger partial charge on any atom is -0.380 e. The number of anilines is 1. The largest absolute Gasteiger partial charge is 0.380 e. The fourth-order valence-corrected chi connectivity index (χ4v) is 2.35. The van der Waals surface area contributed by atoms with Crippen molar-refractivity contribution in [3.8, 4) is 6.07 Å². The van der Waals surface area contributed by atoms with Crippen molar-refractivity contribution in [1.82, 2.24) is 0 Å². The number of rotatable bonds is 3. The summed E-state index contributed by atoms with van der Waals surface area (Å²) >= 11 is 7.54. The molecule has 2 nitrogen and oxygen atoms in total. The molecule has 86 valence electrons. The Bertz CT molecular complexity index is 569. The molecule has 0 unspecified atom stereocenters. The van der Waals surface area contributed by atoms with Crippen LogP contribution < -0.4 is 5.32 Å². The third-order valence-electron chi connectivity index (χ3n) is 2.41. The second kappa shape index (κ2) is 5.22. The number of nitrogens with zero attached hydrogens (tertiary/aromatic N) is 1. The molecular formula is C13H11ClN2S. The van der Waals surface area contributed by atoms with E-state index in [-0.39, 0.29) is 0 Å². The predicted octanol–water partition coefficient (Wildman–Crippen LogP) is 4.19. The molecule has 0 aliphatic rings. The van der Waals surface area contributed by atoms with Crippen molar-refractivity contribution < 1.29 is 0 Å². The minimum atomic E-state index is 0.714. The van der Waals surface area contributed by atoms with Crippen molar-refractivity contribution in [2.75, 3.05) is 5.32 Å². The fourth-order valence-electron chi connectivity index (χ4n) is 1.43. The molecule has 1 heterocycles. The third-order valence-corrected chi connectivity index (χ3v) is 3.81. The number of aryl methyl sites for hydroxylation is 1. The Morgan fingerprint density at radius 1 is 1.35 bits per heavy atom. The molecule has 0 bridgehead atoms. The lowest BCUT2D eigenvalue weighted by molar-refractivity contribution is 1.19. The maximum atomic E-state index is 8.73. The molecule has 1 N–H and O–H groups in total. The second-order valence-corrected chi connectivity index (χ2v) is 5.27. The zero-order valence-corrected chi connectivity index (χ0v) is 10.9. The molecule has 17 heavy (non-hydrogen) atoms. The van der Waals surface area contributed by atoms with Gasteiger partial charge in [0.05, 0.1) is 0 Å². The van der Waals surface area contributed by atoms with E-state index >= 15 is 0 Å². The Hall–Kier alpha value is -1.50. The lowest BCUT2D eigenvalue weighted by Crippen LogP contribution is -1.97. The smallest absolute Gasteiger partial charge is 0.110 e. The SMILES string of the molecule is Cc1ccc(NCc2ccc(C#N)s2)cc1Cl. The van der Waals surface area contributed by atoms with Gasteiger partial charge in [0.15, 0.2) is 0 Å². The van der Waals surface area contributed by atoms with Crippen LogP contribution in [0.2, 0.25) is 5.02 Å². The summed E-state index contributed by atoms with van der Waals surface area (Å²) in [5.74, 6) is 0. The van der Waals surface area contributed by atoms with Crippen LogP contribution in [0, 0.1) is 18.3 Å². The fraction of sp³-hybridized carbons (Fsp3) is 0.154. The number of nitriles is 1. The van der Waals surface area contributed by atoms with Gasteiger partial charge in [-0.25, -0.2) is 0 Å². The Morgan fingerprint density at radius 2 is 2.18 bits per heavy atom. The average molecular weight is 263 g/mol. The van der Waals surface area contributed by atoms with Crippen LogP contribution in [0.5, 0.6) is 0 Å². The van der Waals surface area contributed by atoms with E-state index in [4.69, 9.17) is 16.9 Å². The minimum absolute atomic E-state index is 0.714. The second-order valence-electron chi connectivity index (χ2n) is 3.70. The summed E-state index contributed by atoms with van der Waals surface area (Å²) in [6, 6.07) is 11.8. The van der Waals surface area contributed by atoms with E-state index in [1.807, 2.05) is 37.3 Å². The van der Waals surface area contributed by atoms with Gasteiger partial charge in [0.1, 0.15) is 10.9 Å². The number of nitrogens with one attached hydrogen (secondary N) is 1. The summed E-state index contributed by atoms with van der Waals surface area (Å²) in [5.41, 5.74) is 2.06. The monoisotopic (exact) mass is 262 g/mol. The summed E-state index contributed by atoms with van der Waals surface area (Å²) in [4.78, 5) is 1.88. The lowest BCUT2D eigenvalue weighted by Gasteiger charge is -2.06. The van der Waals surface area contributed by atoms with Crippen LogP contribution in [0.1, 0.15) is 15.3 Å². The van der Waals surface area contributed by atoms with Crippen LogP contribution in [0.15, 0.2) is 30.3 Å². The van der Waals surface area contributed by atoms with Crippen molar-refractivity contribution in [1.29, 1.82) is 5.26 Å². The van der Waals surface area contributed by atoms with Gasteiger partial charge in [-0.1, -0.05) is 17.7 Å². The Kier molecular flexibility index (Phi) is 3.68. The van der Waals surface area contributed by atoms with Gasteiger partial charge in [0.2, 0.25) is 0 Å². The summed E-state index contributed by atoms with van der Waals surface area (Å²) in [5, 5.41) is 12.8. The molecule has 0 atom stereocenters. The van der Waals surface area contributed by atoms with Gasteiger partial charge in [-0.05, 0) is 36.8 Å². The summed E-state index contributed by atoms with van der Waals surface area (Å²) in [6.45, 7) is 2.69. The third kappa shape index (κ3) is 3.00. The molecule has 1 aromatic carbocycles. The first-order chi connectivity index (χ1) is 8.19. The maximum Gasteiger partial charge on any atom is 0.110 e. The van der Waals surface area contributed by atoms with Gasteiger partial charge >= 0.3 is 0 Å². The highest BCUT2D eigenvalue weighted by atomic mass is 35.5. The van der Waals surface area contributed by atoms with E-state index in [1.165, 1.54) is 11.3 Å². The van der Waals surface area contributed by atoms with Gasteiger partial charge in [-0.15, -0.1) is 11.3 Å². The van der Waals surface area contributed by atoms with E-state index in [0.29, 0.717) is 6.54 Å². The molecule has 0 saturated heterocycles. The van der Waals surface area contributed by atoms with E-state index in [9.17, 15) is 0 Å². The zero-order valence-electron chi connectivity index (χ0n) is 9.33. The van der Waals surface area contributed by atoms with Gasteiger partial charge < -0.3 is 5.32 Å². The number of hydrogen-bond donors (Lipinski definition) is 1. The van der Waals surface area contributed by atoms with Gasteiger partial charge in [-0.3, -0.25) is 0 Å². The molecule has 0 aliphatic heterocycles. The van der Waals surface area contributed by atoms with Crippen molar-refractivity contribution >= 4 is 28.6 Å². The first-order valence-corrected chi connectivity index (χ1v) is 6.37. The van der Waals surface area contributed by atoms with Gasteiger partial charge in [0, 0.05) is 22.1 Å². The highest BCUT2D eigenvalue weighted by Gasteiger charge is 2.00. The lowest BCUT2D eigenvalue weighted by atomic mass is 10.2. The Labute approximate surface area is 109 Å². The van der Waals surface area contributed by atoms with Crippen LogP contribution in [-0.4, -0.2) is 0 Å². The quantitative estimate of drug-likeness (QED) is 0.900. The number of benzene rings is 1. The van der Waals surface area contributed by atoms with E-state index in [1.54, 1.807) is 0 Å². The molecule has 2 rings (SSSR count). The van der Waals surface area contributed by atoms with Crippen molar-refractivity contribution in [3.63, 3.8) is 0 Å². The standard InChI is InChI=1S/C13H11ClN2S/c1-9-2-3-10(6-13(9)14)16-8-12-5-4-11(7-15)17-12/h2-6,16H,8H2,1H3. The van der Waals surface area contributed by atoms with E-state index < -0.39 is 0 Å². The van der Waals surface area contributed by atoms with Crippen LogP contribution in [0.4, 0.5) is 5.69 Å². The number of thiophene rings is 1. The van der Waals surface area contributed by atoms with Crippen molar-refractivity contribution in [2.45, 2.75) is 13.5 Å². The molecular weight excluding hydrogens is 252 g/mol. The molecule has 4 heteroatoms. The topological polar surface area (TPSA) is 35.8 Å². The van der Waals surface area contributed by atoms with Gasteiger partial charge in [0.25, 0.3) is 0 Å². The summed E-state index contributed by atoms with van der Waals surface area (Å²) in [6.07, 6.45) is 0. The molecule has 2 aromatic rings. The molecule has 0 aliphatic carbocycles. The Balaban J connectivity index is 2.02. The molecule has 0 amide bonds. The maximum absolute atomic E-state index is 8.73. The van der Waals surface area contributed by atoms with Crippen LogP contribution >= 0.6 is 22.9 Å². The van der Waals surface area contributed by atoms with Gasteiger partial charge in [-0.2, -0.15) is 5.26 Å². The van der Waals surface area contributed by atoms with Crippen LogP contribution in [0.25, 0.3) is 0 Å². The average Bonchev–Trinajstić information content (AvgIpc) is 2.79. The van der Waals surface area contributed by atoms with Crippen LogP contribution in [-0.2, 0) is 6.54 Å². The highest BCUT2D eigenvalue weighted by Crippen LogP contribution is 2.21. The van der Waals surface area contributed by atoms with Crippen molar-refractivity contribution in [3.05, 3.63) is 50.7 Å². The molecule has 0 saturated carbocycles. The number of halogens is 1. The Morgan fingerprint density at radius 3 is 2.82 bits per heavy atom. The highest BCUT2D eigenvalue weighted by molar-refractivity contribution is 7.12. The predicted molar refractivity (Wildman–Crippen MR) is 72.5 cm³/mol. The summed E-state index contributed by atoms with van der Waals surface area (Å²) < 4.78 is 0. The zero-order chi connectivity index (χ0) is 12.3. The molecule has 1 aromatic heterocycles.